The van der Waals surface area contributed by atoms with Crippen molar-refractivity contribution >= 4 is 11.6 Å². The van der Waals surface area contributed by atoms with Crippen molar-refractivity contribution < 1.29 is 9.53 Å². The predicted octanol–water partition coefficient (Wildman–Crippen LogP) is 2.16. The molecule has 0 aliphatic carbocycles. The van der Waals surface area contributed by atoms with Gasteiger partial charge in [-0.15, -0.1) is 0 Å². The third kappa shape index (κ3) is 2.55. The molecule has 0 saturated carbocycles. The smallest absolute Gasteiger partial charge is 0.250 e. The van der Waals surface area contributed by atoms with Crippen molar-refractivity contribution in [3.8, 4) is 11.5 Å². The van der Waals surface area contributed by atoms with Gasteiger partial charge in [0.25, 0.3) is 5.91 Å². The van der Waals surface area contributed by atoms with Crippen LogP contribution in [-0.4, -0.2) is 5.91 Å². The summed E-state index contributed by atoms with van der Waals surface area (Å²) in [7, 11) is 0. The minimum atomic E-state index is -0.547. The molecule has 0 aromatic heterocycles. The highest BCUT2D eigenvalue weighted by atomic mass is 16.5. The minimum Gasteiger partial charge on any atom is -0.457 e. The first kappa shape index (κ1) is 11.0. The topological polar surface area (TPSA) is 78.3 Å². The highest BCUT2D eigenvalue weighted by Gasteiger charge is 2.06. The molecule has 86 valence electrons. The van der Waals surface area contributed by atoms with E-state index in [1.807, 2.05) is 30.3 Å². The summed E-state index contributed by atoms with van der Waals surface area (Å²) in [6.45, 7) is 0. The van der Waals surface area contributed by atoms with Crippen LogP contribution in [0.2, 0.25) is 0 Å². The van der Waals surface area contributed by atoms with Crippen LogP contribution in [0.5, 0.6) is 11.5 Å². The molecule has 0 radical (unpaired) electrons. The van der Waals surface area contributed by atoms with E-state index in [2.05, 4.69) is 0 Å². The van der Waals surface area contributed by atoms with Crippen LogP contribution in [0.1, 0.15) is 10.4 Å². The summed E-state index contributed by atoms with van der Waals surface area (Å²) >= 11 is 0. The number of nitrogen functional groups attached to an aromatic ring is 1. The predicted molar refractivity (Wildman–Crippen MR) is 65.9 cm³/mol. The minimum absolute atomic E-state index is 0.297. The van der Waals surface area contributed by atoms with E-state index in [9.17, 15) is 4.79 Å². The highest BCUT2D eigenvalue weighted by molar-refractivity contribution is 5.98. The number of para-hydroxylation sites is 1. The quantitative estimate of drug-likeness (QED) is 0.790. The average Bonchev–Trinajstić information content (AvgIpc) is 2.30. The number of nitrogens with two attached hydrogens (primary N) is 2. The van der Waals surface area contributed by atoms with Crippen LogP contribution in [0.3, 0.4) is 0 Å². The van der Waals surface area contributed by atoms with Gasteiger partial charge in [0.2, 0.25) is 0 Å². The number of anilines is 1. The number of carbonyl (C=O) groups is 1. The van der Waals surface area contributed by atoms with Crippen LogP contribution >= 0.6 is 0 Å². The molecule has 0 aliphatic heterocycles. The number of amides is 1. The number of ether oxygens (including phenoxy) is 1. The molecule has 0 fully saturated rings. The summed E-state index contributed by atoms with van der Waals surface area (Å²) in [5.74, 6) is 0.728. The molecule has 2 aromatic rings. The second-order valence-electron chi connectivity index (χ2n) is 3.53. The lowest BCUT2D eigenvalue weighted by molar-refractivity contribution is 0.100. The lowest BCUT2D eigenvalue weighted by atomic mass is 10.1. The molecule has 0 bridgehead atoms. The number of hydrogen-bond acceptors (Lipinski definition) is 3. The summed E-state index contributed by atoms with van der Waals surface area (Å²) in [6, 6.07) is 14.1. The van der Waals surface area contributed by atoms with Crippen molar-refractivity contribution in [1.29, 1.82) is 0 Å². The Hall–Kier alpha value is -2.49. The van der Waals surface area contributed by atoms with Gasteiger partial charge in [-0.05, 0) is 24.3 Å². The number of benzene rings is 2. The zero-order valence-corrected chi connectivity index (χ0v) is 9.09. The summed E-state index contributed by atoms with van der Waals surface area (Å²) in [5.41, 5.74) is 11.5. The summed E-state index contributed by atoms with van der Waals surface area (Å²) in [5, 5.41) is 0. The van der Waals surface area contributed by atoms with E-state index in [-0.39, 0.29) is 0 Å². The molecule has 2 aromatic carbocycles. The van der Waals surface area contributed by atoms with Crippen LogP contribution < -0.4 is 16.2 Å². The fraction of sp³-hybridized carbons (Fsp3) is 0. The van der Waals surface area contributed by atoms with Gasteiger partial charge < -0.3 is 16.2 Å². The number of rotatable bonds is 3. The van der Waals surface area contributed by atoms with Gasteiger partial charge in [-0.3, -0.25) is 4.79 Å². The fourth-order valence-corrected chi connectivity index (χ4v) is 1.45. The first-order valence-electron chi connectivity index (χ1n) is 5.09. The van der Waals surface area contributed by atoms with E-state index < -0.39 is 5.91 Å². The van der Waals surface area contributed by atoms with E-state index in [1.165, 1.54) is 0 Å². The van der Waals surface area contributed by atoms with E-state index in [0.29, 0.717) is 22.7 Å². The molecule has 0 atom stereocenters. The Balaban J connectivity index is 2.24. The number of carbonyl (C=O) groups excluding carboxylic acids is 1. The van der Waals surface area contributed by atoms with Crippen LogP contribution in [0.25, 0.3) is 0 Å². The van der Waals surface area contributed by atoms with Crippen LogP contribution in [0, 0.1) is 0 Å². The Morgan fingerprint density at radius 3 is 2.29 bits per heavy atom. The second kappa shape index (κ2) is 4.57. The Morgan fingerprint density at radius 1 is 1.00 bits per heavy atom. The first-order valence-corrected chi connectivity index (χ1v) is 5.09. The molecular weight excluding hydrogens is 216 g/mol. The average molecular weight is 228 g/mol. The van der Waals surface area contributed by atoms with Crippen molar-refractivity contribution in [3.05, 3.63) is 54.1 Å². The molecule has 0 saturated heterocycles. The molecule has 1 amide bonds. The molecule has 2 rings (SSSR count). The molecule has 17 heavy (non-hydrogen) atoms. The normalized spacial score (nSPS) is 9.88. The fourth-order valence-electron chi connectivity index (χ4n) is 1.45. The molecular formula is C13H12N2O2. The first-order chi connectivity index (χ1) is 8.16. The third-order valence-corrected chi connectivity index (χ3v) is 2.27. The van der Waals surface area contributed by atoms with Gasteiger partial charge in [-0.2, -0.15) is 0 Å². The Bertz CT molecular complexity index is 538. The van der Waals surface area contributed by atoms with Crippen molar-refractivity contribution in [2.45, 2.75) is 0 Å². The molecule has 4 heteroatoms. The van der Waals surface area contributed by atoms with Gasteiger partial charge in [0.15, 0.2) is 0 Å². The van der Waals surface area contributed by atoms with E-state index in [4.69, 9.17) is 16.2 Å². The van der Waals surface area contributed by atoms with Crippen molar-refractivity contribution in [2.75, 3.05) is 5.73 Å². The second-order valence-corrected chi connectivity index (χ2v) is 3.53. The molecule has 4 nitrogen and oxygen atoms in total. The van der Waals surface area contributed by atoms with E-state index in [0.717, 1.165) is 0 Å². The maximum absolute atomic E-state index is 11.0. The van der Waals surface area contributed by atoms with Gasteiger partial charge >= 0.3 is 0 Å². The lowest BCUT2D eigenvalue weighted by Crippen LogP contribution is -2.13. The SMILES string of the molecule is NC(=O)c1ccc(Oc2ccccc2)cc1N. The molecule has 0 aliphatic rings. The van der Waals surface area contributed by atoms with Crippen molar-refractivity contribution in [3.63, 3.8) is 0 Å². The lowest BCUT2D eigenvalue weighted by Gasteiger charge is -2.07. The summed E-state index contributed by atoms with van der Waals surface area (Å²) in [4.78, 5) is 11.0. The molecule has 0 spiro atoms. The van der Waals surface area contributed by atoms with Gasteiger partial charge in [-0.25, -0.2) is 0 Å². The van der Waals surface area contributed by atoms with E-state index in [1.54, 1.807) is 18.2 Å². The summed E-state index contributed by atoms with van der Waals surface area (Å²) in [6.07, 6.45) is 0. The van der Waals surface area contributed by atoms with E-state index >= 15 is 0 Å². The van der Waals surface area contributed by atoms with Crippen LogP contribution in [-0.2, 0) is 0 Å². The van der Waals surface area contributed by atoms with Gasteiger partial charge in [0.1, 0.15) is 11.5 Å². The number of hydrogen-bond donors (Lipinski definition) is 2. The van der Waals surface area contributed by atoms with Gasteiger partial charge in [0, 0.05) is 11.8 Å². The molecule has 0 heterocycles. The van der Waals surface area contributed by atoms with Crippen LogP contribution in [0.15, 0.2) is 48.5 Å². The van der Waals surface area contributed by atoms with Crippen molar-refractivity contribution in [1.82, 2.24) is 0 Å². The zero-order valence-electron chi connectivity index (χ0n) is 9.09. The maximum Gasteiger partial charge on any atom is 0.250 e. The van der Waals surface area contributed by atoms with Crippen molar-refractivity contribution in [2.24, 2.45) is 5.73 Å². The third-order valence-electron chi connectivity index (χ3n) is 2.27. The highest BCUT2D eigenvalue weighted by Crippen LogP contribution is 2.24. The molecule has 0 unspecified atom stereocenters. The van der Waals surface area contributed by atoms with Gasteiger partial charge in [0.05, 0.1) is 5.56 Å². The Labute approximate surface area is 98.8 Å². The summed E-state index contributed by atoms with van der Waals surface area (Å²) < 4.78 is 5.56. The zero-order chi connectivity index (χ0) is 12.3. The molecule has 4 N–H and O–H groups in total. The standard InChI is InChI=1S/C13H12N2O2/c14-12-8-10(6-7-11(12)13(15)16)17-9-4-2-1-3-5-9/h1-8H,14H2,(H2,15,16). The van der Waals surface area contributed by atoms with Crippen LogP contribution in [0.4, 0.5) is 5.69 Å². The Morgan fingerprint density at radius 2 is 1.71 bits per heavy atom. The van der Waals surface area contributed by atoms with Gasteiger partial charge in [-0.1, -0.05) is 18.2 Å². The largest absolute Gasteiger partial charge is 0.457 e. The monoisotopic (exact) mass is 228 g/mol. The maximum atomic E-state index is 11.0. The number of primary amides is 1. The Kier molecular flexibility index (Phi) is 2.96.